The molecule has 0 unspecified atom stereocenters. The molecule has 0 aliphatic carbocycles. The molecule has 146 valence electrons. The number of aromatic nitrogens is 2. The summed E-state index contributed by atoms with van der Waals surface area (Å²) >= 11 is 0. The molecule has 26 heavy (non-hydrogen) atoms. The van der Waals surface area contributed by atoms with E-state index in [9.17, 15) is 0 Å². The maximum atomic E-state index is 4.66. The van der Waals surface area contributed by atoms with Crippen molar-refractivity contribution >= 4 is 11.0 Å². The normalized spacial score (nSPS) is 11.4. The van der Waals surface area contributed by atoms with Gasteiger partial charge in [-0.05, 0) is 18.6 Å². The van der Waals surface area contributed by atoms with Gasteiger partial charge in [0.05, 0.1) is 11.0 Å². The van der Waals surface area contributed by atoms with Crippen LogP contribution in [0.3, 0.4) is 0 Å². The smallest absolute Gasteiger partial charge is 0.107 e. The van der Waals surface area contributed by atoms with Gasteiger partial charge in [-0.1, -0.05) is 109 Å². The molecule has 0 aliphatic rings. The Bertz CT molecular complexity index is 539. The Morgan fingerprint density at radius 3 is 1.69 bits per heavy atom. The Kier molecular flexibility index (Phi) is 11.2. The minimum atomic E-state index is 1.09. The number of nitrogens with one attached hydrogen (secondary N) is 1. The van der Waals surface area contributed by atoms with Gasteiger partial charge in [-0.2, -0.15) is 0 Å². The average Bonchev–Trinajstić information content (AvgIpc) is 3.07. The third-order valence-corrected chi connectivity index (χ3v) is 5.46. The van der Waals surface area contributed by atoms with Crippen molar-refractivity contribution in [2.45, 2.75) is 110 Å². The maximum absolute atomic E-state index is 4.66. The second-order valence-electron chi connectivity index (χ2n) is 7.90. The molecule has 0 saturated heterocycles. The van der Waals surface area contributed by atoms with Crippen LogP contribution in [0.2, 0.25) is 0 Å². The molecular weight excluding hydrogens is 316 g/mol. The number of hydrogen-bond acceptors (Lipinski definition) is 1. The monoisotopic (exact) mass is 356 g/mol. The maximum Gasteiger partial charge on any atom is 0.107 e. The molecule has 2 heteroatoms. The molecule has 2 nitrogen and oxygen atoms in total. The number of aromatic amines is 1. The number of para-hydroxylation sites is 2. The van der Waals surface area contributed by atoms with Gasteiger partial charge in [0, 0.05) is 6.42 Å². The first-order valence-corrected chi connectivity index (χ1v) is 11.3. The van der Waals surface area contributed by atoms with Crippen molar-refractivity contribution in [2.75, 3.05) is 0 Å². The SMILES string of the molecule is CCCCCCCCCCCCCCCCCc1nc2ccccc2[nH]1. The highest BCUT2D eigenvalue weighted by molar-refractivity contribution is 5.74. The highest BCUT2D eigenvalue weighted by Crippen LogP contribution is 2.15. The Morgan fingerprint density at radius 2 is 1.15 bits per heavy atom. The largest absolute Gasteiger partial charge is 0.342 e. The van der Waals surface area contributed by atoms with Gasteiger partial charge in [0.2, 0.25) is 0 Å². The fourth-order valence-corrected chi connectivity index (χ4v) is 3.79. The van der Waals surface area contributed by atoms with Crippen LogP contribution in [0.1, 0.15) is 109 Å². The number of benzene rings is 1. The predicted octanol–water partition coefficient (Wildman–Crippen LogP) is 7.98. The summed E-state index contributed by atoms with van der Waals surface area (Å²) in [5.74, 6) is 1.15. The number of fused-ring (bicyclic) bond motifs is 1. The molecule has 1 N–H and O–H groups in total. The summed E-state index contributed by atoms with van der Waals surface area (Å²) in [6.07, 6.45) is 22.4. The van der Waals surface area contributed by atoms with Crippen molar-refractivity contribution in [1.29, 1.82) is 0 Å². The summed E-state index contributed by atoms with van der Waals surface area (Å²) in [6, 6.07) is 8.32. The third-order valence-electron chi connectivity index (χ3n) is 5.46. The van der Waals surface area contributed by atoms with E-state index < -0.39 is 0 Å². The number of H-pyrrole nitrogens is 1. The molecule has 2 rings (SSSR count). The zero-order chi connectivity index (χ0) is 18.3. The van der Waals surface area contributed by atoms with Gasteiger partial charge in [-0.3, -0.25) is 0 Å². The minimum Gasteiger partial charge on any atom is -0.342 e. The molecule has 0 aliphatic heterocycles. The number of imidazole rings is 1. The summed E-state index contributed by atoms with van der Waals surface area (Å²) in [7, 11) is 0. The zero-order valence-corrected chi connectivity index (χ0v) is 17.1. The Labute approximate surface area is 161 Å². The van der Waals surface area contributed by atoms with E-state index in [-0.39, 0.29) is 0 Å². The summed E-state index contributed by atoms with van der Waals surface area (Å²) in [5.41, 5.74) is 2.27. The molecule has 0 atom stereocenters. The van der Waals surface area contributed by atoms with Gasteiger partial charge in [0.15, 0.2) is 0 Å². The molecule has 0 amide bonds. The first-order chi connectivity index (χ1) is 12.9. The van der Waals surface area contributed by atoms with Crippen LogP contribution < -0.4 is 0 Å². The number of unbranched alkanes of at least 4 members (excludes halogenated alkanes) is 14. The van der Waals surface area contributed by atoms with Crippen molar-refractivity contribution in [3.05, 3.63) is 30.1 Å². The van der Waals surface area contributed by atoms with Gasteiger partial charge >= 0.3 is 0 Å². The molecule has 0 saturated carbocycles. The van der Waals surface area contributed by atoms with Crippen molar-refractivity contribution in [3.63, 3.8) is 0 Å². The number of rotatable bonds is 16. The van der Waals surface area contributed by atoms with Gasteiger partial charge in [0.1, 0.15) is 5.82 Å². The van der Waals surface area contributed by atoms with Crippen LogP contribution >= 0.6 is 0 Å². The van der Waals surface area contributed by atoms with E-state index in [0.29, 0.717) is 0 Å². The fourth-order valence-electron chi connectivity index (χ4n) is 3.79. The quantitative estimate of drug-likeness (QED) is 0.303. The lowest BCUT2D eigenvalue weighted by atomic mass is 10.0. The third kappa shape index (κ3) is 8.87. The molecule has 0 fully saturated rings. The topological polar surface area (TPSA) is 28.7 Å². The van der Waals surface area contributed by atoms with Crippen molar-refractivity contribution in [2.24, 2.45) is 0 Å². The lowest BCUT2D eigenvalue weighted by Crippen LogP contribution is -1.89. The van der Waals surface area contributed by atoms with Gasteiger partial charge in [-0.25, -0.2) is 4.98 Å². The first-order valence-electron chi connectivity index (χ1n) is 11.3. The second kappa shape index (κ2) is 13.8. The van der Waals surface area contributed by atoms with Crippen molar-refractivity contribution < 1.29 is 0 Å². The van der Waals surface area contributed by atoms with E-state index in [0.717, 1.165) is 17.8 Å². The number of nitrogens with zero attached hydrogens (tertiary/aromatic N) is 1. The highest BCUT2D eigenvalue weighted by atomic mass is 14.9. The molecule has 0 spiro atoms. The van der Waals surface area contributed by atoms with Crippen molar-refractivity contribution in [1.82, 2.24) is 9.97 Å². The van der Waals surface area contributed by atoms with Gasteiger partial charge in [-0.15, -0.1) is 0 Å². The highest BCUT2D eigenvalue weighted by Gasteiger charge is 2.01. The molecule has 2 aromatic rings. The van der Waals surface area contributed by atoms with E-state index in [2.05, 4.69) is 41.2 Å². The van der Waals surface area contributed by atoms with Crippen LogP contribution in [0, 0.1) is 0 Å². The Balaban J connectivity index is 1.34. The van der Waals surface area contributed by atoms with Crippen LogP contribution in [0.15, 0.2) is 24.3 Å². The van der Waals surface area contributed by atoms with E-state index in [1.807, 2.05) is 0 Å². The molecule has 1 aromatic heterocycles. The number of aryl methyl sites for hydroxylation is 1. The molecular formula is C24H40N2. The van der Waals surface area contributed by atoms with Crippen LogP contribution in [0.25, 0.3) is 11.0 Å². The van der Waals surface area contributed by atoms with Crippen LogP contribution in [0.4, 0.5) is 0 Å². The van der Waals surface area contributed by atoms with Gasteiger partial charge in [0.25, 0.3) is 0 Å². The van der Waals surface area contributed by atoms with Crippen LogP contribution in [0.5, 0.6) is 0 Å². The molecule has 0 radical (unpaired) electrons. The summed E-state index contributed by atoms with van der Waals surface area (Å²) in [5, 5.41) is 0. The standard InChI is InChI=1S/C24H40N2/c1-2-3-4-5-6-7-8-9-10-11-12-13-14-15-16-21-24-25-22-19-17-18-20-23(22)26-24/h17-20H,2-16,21H2,1H3,(H,25,26). The zero-order valence-electron chi connectivity index (χ0n) is 17.1. The predicted molar refractivity (Wildman–Crippen MR) is 115 cm³/mol. The summed E-state index contributed by atoms with van der Waals surface area (Å²) in [6.45, 7) is 2.29. The van der Waals surface area contributed by atoms with E-state index in [1.54, 1.807) is 0 Å². The fraction of sp³-hybridized carbons (Fsp3) is 0.708. The minimum absolute atomic E-state index is 1.09. The Morgan fingerprint density at radius 1 is 0.654 bits per heavy atom. The molecule has 0 bridgehead atoms. The van der Waals surface area contributed by atoms with E-state index in [1.165, 1.54) is 102 Å². The van der Waals surface area contributed by atoms with Gasteiger partial charge < -0.3 is 4.98 Å². The number of hydrogen-bond donors (Lipinski definition) is 1. The molecule has 1 aromatic carbocycles. The summed E-state index contributed by atoms with van der Waals surface area (Å²) < 4.78 is 0. The molecule has 1 heterocycles. The van der Waals surface area contributed by atoms with Crippen LogP contribution in [-0.4, -0.2) is 9.97 Å². The summed E-state index contributed by atoms with van der Waals surface area (Å²) in [4.78, 5) is 8.09. The van der Waals surface area contributed by atoms with E-state index in [4.69, 9.17) is 0 Å². The van der Waals surface area contributed by atoms with E-state index >= 15 is 0 Å². The Hall–Kier alpha value is -1.31. The van der Waals surface area contributed by atoms with Crippen molar-refractivity contribution in [3.8, 4) is 0 Å². The first kappa shape index (κ1) is 21.0. The lowest BCUT2D eigenvalue weighted by molar-refractivity contribution is 0.531. The second-order valence-corrected chi connectivity index (χ2v) is 7.90. The van der Waals surface area contributed by atoms with Crippen LogP contribution in [-0.2, 0) is 6.42 Å². The lowest BCUT2D eigenvalue weighted by Gasteiger charge is -2.03. The average molecular weight is 357 g/mol.